The first-order chi connectivity index (χ1) is 24.3. The quantitative estimate of drug-likeness (QED) is 0.177. The minimum absolute atomic E-state index is 1.15. The van der Waals surface area contributed by atoms with E-state index >= 15 is 0 Å². The van der Waals surface area contributed by atoms with Crippen LogP contribution in [0.5, 0.6) is 0 Å². The molecule has 0 saturated carbocycles. The average Bonchev–Trinajstić information content (AvgIpc) is 3.30. The number of para-hydroxylation sites is 3. The van der Waals surface area contributed by atoms with Crippen LogP contribution >= 0.6 is 0 Å². The minimum Gasteiger partial charge on any atom is -0.309 e. The molecule has 0 spiro atoms. The highest BCUT2D eigenvalue weighted by molar-refractivity contribution is 6.25. The first-order valence-corrected chi connectivity index (χ1v) is 16.9. The highest BCUT2D eigenvalue weighted by Gasteiger charge is 2.26. The predicted octanol–water partition coefficient (Wildman–Crippen LogP) is 13.6. The van der Waals surface area contributed by atoms with Crippen molar-refractivity contribution in [2.75, 3.05) is 4.90 Å². The fourth-order valence-electron chi connectivity index (χ4n) is 7.92. The Labute approximate surface area is 286 Å². The van der Waals surface area contributed by atoms with Gasteiger partial charge in [0, 0.05) is 16.8 Å². The van der Waals surface area contributed by atoms with E-state index < -0.39 is 0 Å². The Morgan fingerprint density at radius 1 is 0.245 bits per heavy atom. The molecule has 0 unspecified atom stereocenters. The fourth-order valence-corrected chi connectivity index (χ4v) is 7.92. The Morgan fingerprint density at radius 2 is 0.714 bits per heavy atom. The van der Waals surface area contributed by atoms with E-state index in [0.717, 1.165) is 5.69 Å². The lowest BCUT2D eigenvalue weighted by molar-refractivity contribution is 1.29. The van der Waals surface area contributed by atoms with Crippen molar-refractivity contribution in [1.29, 1.82) is 0 Å². The van der Waals surface area contributed by atoms with Crippen molar-refractivity contribution in [3.8, 4) is 44.5 Å². The third-order valence-corrected chi connectivity index (χ3v) is 10.2. The van der Waals surface area contributed by atoms with Crippen LogP contribution in [0, 0.1) is 0 Å². The number of hydrogen-bond donors (Lipinski definition) is 0. The molecule has 0 bridgehead atoms. The lowest BCUT2D eigenvalue weighted by Gasteiger charge is -2.27. The van der Waals surface area contributed by atoms with Gasteiger partial charge in [-0.15, -0.1) is 0 Å². The van der Waals surface area contributed by atoms with E-state index in [1.54, 1.807) is 0 Å². The largest absolute Gasteiger partial charge is 0.309 e. The Balaban J connectivity index is 1.13. The van der Waals surface area contributed by atoms with Gasteiger partial charge in [-0.2, -0.15) is 0 Å². The van der Waals surface area contributed by atoms with Crippen molar-refractivity contribution >= 4 is 49.4 Å². The number of hydrogen-bond acceptors (Lipinski definition) is 1. The number of nitrogens with zero attached hydrogens (tertiary/aromatic N) is 1. The summed E-state index contributed by atoms with van der Waals surface area (Å²) < 4.78 is 0. The molecule has 0 amide bonds. The van der Waals surface area contributed by atoms with Crippen molar-refractivity contribution in [3.05, 3.63) is 188 Å². The van der Waals surface area contributed by atoms with Crippen LogP contribution in [0.4, 0.5) is 17.1 Å². The van der Waals surface area contributed by atoms with E-state index in [-0.39, 0.29) is 0 Å². The van der Waals surface area contributed by atoms with Crippen molar-refractivity contribution < 1.29 is 0 Å². The fraction of sp³-hybridized carbons (Fsp3) is 0. The molecule has 1 heterocycles. The topological polar surface area (TPSA) is 3.24 Å². The molecular formula is C48H31N. The second-order valence-corrected chi connectivity index (χ2v) is 12.9. The van der Waals surface area contributed by atoms with Crippen LogP contribution in [-0.2, 0) is 0 Å². The molecule has 1 aliphatic heterocycles. The first-order valence-electron chi connectivity index (χ1n) is 16.9. The van der Waals surface area contributed by atoms with Crippen LogP contribution in [0.2, 0.25) is 0 Å². The van der Waals surface area contributed by atoms with Gasteiger partial charge in [-0.05, 0) is 108 Å². The molecule has 9 aromatic carbocycles. The van der Waals surface area contributed by atoms with Gasteiger partial charge in [-0.25, -0.2) is 0 Å². The summed E-state index contributed by atoms with van der Waals surface area (Å²) in [5, 5.41) is 7.79. The highest BCUT2D eigenvalue weighted by atomic mass is 15.1. The van der Waals surface area contributed by atoms with Gasteiger partial charge in [0.05, 0.1) is 11.4 Å². The zero-order chi connectivity index (χ0) is 32.3. The van der Waals surface area contributed by atoms with Gasteiger partial charge in [0.2, 0.25) is 0 Å². The standard InChI is InChI=1S/C48H31N/c1-2-15-36(16-3-1)49-47-23-10-8-21-43(47)42-28-26-35(31-46(42)44-22-9-11-24-48(44)49)33-14-12-13-32(29-33)34-25-27-41-39-19-5-4-17-37(39)38-18-6-7-20-40(38)45(41)30-34/h1-31H. The van der Waals surface area contributed by atoms with Crippen LogP contribution in [0.1, 0.15) is 0 Å². The molecule has 1 nitrogen and oxygen atoms in total. The van der Waals surface area contributed by atoms with Crippen molar-refractivity contribution in [2.45, 2.75) is 0 Å². The predicted molar refractivity (Wildman–Crippen MR) is 209 cm³/mol. The minimum atomic E-state index is 1.15. The number of rotatable bonds is 3. The van der Waals surface area contributed by atoms with Crippen LogP contribution in [0.3, 0.4) is 0 Å². The van der Waals surface area contributed by atoms with Crippen LogP contribution in [0.25, 0.3) is 76.8 Å². The van der Waals surface area contributed by atoms with Crippen molar-refractivity contribution in [3.63, 3.8) is 0 Å². The maximum Gasteiger partial charge on any atom is 0.0540 e. The first kappa shape index (κ1) is 27.7. The highest BCUT2D eigenvalue weighted by Crippen LogP contribution is 2.51. The smallest absolute Gasteiger partial charge is 0.0540 e. The summed E-state index contributed by atoms with van der Waals surface area (Å²) in [6.45, 7) is 0. The van der Waals surface area contributed by atoms with E-state index in [1.165, 1.54) is 88.2 Å². The summed E-state index contributed by atoms with van der Waals surface area (Å²) in [4.78, 5) is 2.40. The van der Waals surface area contributed by atoms with E-state index in [1.807, 2.05) is 0 Å². The molecule has 0 N–H and O–H groups in total. The third kappa shape index (κ3) is 4.40. The van der Waals surface area contributed by atoms with Gasteiger partial charge in [-0.3, -0.25) is 0 Å². The lowest BCUT2D eigenvalue weighted by atomic mass is 9.89. The normalized spacial score (nSPS) is 12.0. The van der Waals surface area contributed by atoms with Gasteiger partial charge in [0.1, 0.15) is 0 Å². The molecule has 49 heavy (non-hydrogen) atoms. The molecule has 9 aromatic rings. The summed E-state index contributed by atoms with van der Waals surface area (Å²) in [6, 6.07) is 68.8. The zero-order valence-corrected chi connectivity index (χ0v) is 26.8. The van der Waals surface area contributed by atoms with Crippen molar-refractivity contribution in [1.82, 2.24) is 0 Å². The summed E-state index contributed by atoms with van der Waals surface area (Å²) in [5.41, 5.74) is 13.3. The third-order valence-electron chi connectivity index (χ3n) is 10.2. The molecule has 0 atom stereocenters. The summed E-state index contributed by atoms with van der Waals surface area (Å²) in [5.74, 6) is 0. The Bertz CT molecular complexity index is 2690. The monoisotopic (exact) mass is 621 g/mol. The number of benzene rings is 9. The van der Waals surface area contributed by atoms with E-state index in [9.17, 15) is 0 Å². The summed E-state index contributed by atoms with van der Waals surface area (Å²) >= 11 is 0. The molecule has 0 aliphatic carbocycles. The molecule has 1 aliphatic rings. The molecule has 0 aromatic heterocycles. The molecule has 0 saturated heterocycles. The summed E-state index contributed by atoms with van der Waals surface area (Å²) in [7, 11) is 0. The van der Waals surface area contributed by atoms with Gasteiger partial charge in [0.15, 0.2) is 0 Å². The molecule has 0 fully saturated rings. The van der Waals surface area contributed by atoms with E-state index in [4.69, 9.17) is 0 Å². The van der Waals surface area contributed by atoms with Gasteiger partial charge >= 0.3 is 0 Å². The molecule has 1 heteroatoms. The molecule has 228 valence electrons. The Hall–Kier alpha value is -6.44. The Kier molecular flexibility index (Phi) is 6.25. The van der Waals surface area contributed by atoms with Gasteiger partial charge in [0.25, 0.3) is 0 Å². The van der Waals surface area contributed by atoms with E-state index in [0.29, 0.717) is 0 Å². The maximum atomic E-state index is 2.40. The SMILES string of the molecule is c1ccc(N2c3ccccc3-c3ccc(-c4cccc(-c5ccc6c7ccccc7c7ccccc7c6c5)c4)cc3-c3ccccc32)cc1. The number of fused-ring (bicyclic) bond motifs is 11. The number of anilines is 3. The lowest BCUT2D eigenvalue weighted by Crippen LogP contribution is -2.10. The summed E-state index contributed by atoms with van der Waals surface area (Å²) in [6.07, 6.45) is 0. The molecule has 0 radical (unpaired) electrons. The second kappa shape index (κ2) is 11.1. The Morgan fingerprint density at radius 3 is 1.37 bits per heavy atom. The molecular weight excluding hydrogens is 591 g/mol. The second-order valence-electron chi connectivity index (χ2n) is 12.9. The van der Waals surface area contributed by atoms with Crippen LogP contribution < -0.4 is 4.90 Å². The van der Waals surface area contributed by atoms with E-state index in [2.05, 4.69) is 193 Å². The molecule has 10 rings (SSSR count). The van der Waals surface area contributed by atoms with Crippen LogP contribution in [0.15, 0.2) is 188 Å². The van der Waals surface area contributed by atoms with Crippen LogP contribution in [-0.4, -0.2) is 0 Å². The zero-order valence-electron chi connectivity index (χ0n) is 26.8. The maximum absolute atomic E-state index is 2.40. The van der Waals surface area contributed by atoms with Gasteiger partial charge < -0.3 is 4.90 Å². The van der Waals surface area contributed by atoms with Crippen molar-refractivity contribution in [2.24, 2.45) is 0 Å². The average molecular weight is 622 g/mol. The van der Waals surface area contributed by atoms with Gasteiger partial charge in [-0.1, -0.05) is 146 Å².